The summed E-state index contributed by atoms with van der Waals surface area (Å²) in [4.78, 5) is 25.1. The number of carbonyl (C=O) groups excluding carboxylic acids is 1. The van der Waals surface area contributed by atoms with Crippen molar-refractivity contribution in [2.45, 2.75) is 39.2 Å². The fraction of sp³-hybridized carbons (Fsp3) is 0.632. The van der Waals surface area contributed by atoms with Crippen molar-refractivity contribution in [2.75, 3.05) is 31.1 Å². The molecule has 0 aromatic carbocycles. The minimum Gasteiger partial charge on any atom is -0.370 e. The van der Waals surface area contributed by atoms with E-state index in [1.54, 1.807) is 6.20 Å². The fourth-order valence-electron chi connectivity index (χ4n) is 3.90. The number of nitrogens with zero attached hydrogens (tertiary/aromatic N) is 4. The van der Waals surface area contributed by atoms with Gasteiger partial charge in [0.15, 0.2) is 5.96 Å². The Morgan fingerprint density at radius 1 is 1.27 bits per heavy atom. The number of nitrogens with two attached hydrogens (primary N) is 2. The zero-order valence-electron chi connectivity index (χ0n) is 15.6. The number of hydrogen-bond donors (Lipinski definition) is 2. The maximum absolute atomic E-state index is 11.6. The first-order chi connectivity index (χ1) is 12.5. The van der Waals surface area contributed by atoms with E-state index in [1.165, 1.54) is 6.42 Å². The van der Waals surface area contributed by atoms with Crippen LogP contribution in [0.25, 0.3) is 0 Å². The highest BCUT2D eigenvalue weighted by molar-refractivity contribution is 5.78. The van der Waals surface area contributed by atoms with Crippen LogP contribution in [0.1, 0.15) is 38.2 Å². The van der Waals surface area contributed by atoms with Crippen molar-refractivity contribution in [3.63, 3.8) is 0 Å². The van der Waals surface area contributed by atoms with E-state index in [4.69, 9.17) is 11.5 Å². The van der Waals surface area contributed by atoms with Crippen molar-refractivity contribution in [1.29, 1.82) is 0 Å². The first kappa shape index (κ1) is 18.5. The maximum Gasteiger partial charge on any atom is 0.222 e. The highest BCUT2D eigenvalue weighted by Crippen LogP contribution is 2.25. The van der Waals surface area contributed by atoms with Gasteiger partial charge in [-0.2, -0.15) is 0 Å². The topological polar surface area (TPSA) is 101 Å². The highest BCUT2D eigenvalue weighted by Gasteiger charge is 2.26. The molecule has 0 aliphatic carbocycles. The third-order valence-electron chi connectivity index (χ3n) is 5.38. The molecule has 1 aromatic rings. The molecule has 0 bridgehead atoms. The molecule has 2 fully saturated rings. The summed E-state index contributed by atoms with van der Waals surface area (Å²) < 4.78 is 0. The Bertz CT molecular complexity index is 661. The Kier molecular flexibility index (Phi) is 5.96. The van der Waals surface area contributed by atoms with Crippen molar-refractivity contribution in [1.82, 2.24) is 9.88 Å². The van der Waals surface area contributed by atoms with E-state index < -0.39 is 0 Å². The lowest BCUT2D eigenvalue weighted by molar-refractivity contribution is -0.122. The Morgan fingerprint density at radius 3 is 2.85 bits per heavy atom. The number of aliphatic imine (C=N–C) groups is 1. The quantitative estimate of drug-likeness (QED) is 0.625. The molecule has 2 aliphatic heterocycles. The summed E-state index contributed by atoms with van der Waals surface area (Å²) in [5.74, 6) is 1.82. The van der Waals surface area contributed by atoms with Gasteiger partial charge in [0.2, 0.25) is 5.91 Å². The second-order valence-electron chi connectivity index (χ2n) is 7.54. The van der Waals surface area contributed by atoms with Crippen molar-refractivity contribution < 1.29 is 4.79 Å². The second-order valence-corrected chi connectivity index (χ2v) is 7.54. The van der Waals surface area contributed by atoms with Gasteiger partial charge in [-0.25, -0.2) is 9.98 Å². The number of carbonyl (C=O) groups is 1. The first-order valence-corrected chi connectivity index (χ1v) is 9.57. The average molecular weight is 358 g/mol. The van der Waals surface area contributed by atoms with Gasteiger partial charge in [0.1, 0.15) is 5.82 Å². The molecule has 1 amide bonds. The molecule has 1 aromatic heterocycles. The average Bonchev–Trinajstić information content (AvgIpc) is 2.66. The third-order valence-corrected chi connectivity index (χ3v) is 5.38. The van der Waals surface area contributed by atoms with Crippen LogP contribution < -0.4 is 16.4 Å². The number of aromatic nitrogens is 1. The molecule has 7 nitrogen and oxygen atoms in total. The Labute approximate surface area is 155 Å². The lowest BCUT2D eigenvalue weighted by Gasteiger charge is -2.33. The fourth-order valence-corrected chi connectivity index (χ4v) is 3.90. The van der Waals surface area contributed by atoms with Crippen LogP contribution in [0.15, 0.2) is 23.3 Å². The Balaban J connectivity index is 1.71. The number of hydrogen-bond acceptors (Lipinski definition) is 4. The smallest absolute Gasteiger partial charge is 0.222 e. The largest absolute Gasteiger partial charge is 0.370 e. The molecule has 2 unspecified atom stereocenters. The van der Waals surface area contributed by atoms with Gasteiger partial charge in [0, 0.05) is 37.9 Å². The van der Waals surface area contributed by atoms with Gasteiger partial charge < -0.3 is 21.3 Å². The Morgan fingerprint density at radius 2 is 2.08 bits per heavy atom. The van der Waals surface area contributed by atoms with Gasteiger partial charge in [-0.05, 0) is 37.7 Å². The van der Waals surface area contributed by atoms with Crippen LogP contribution in [0.3, 0.4) is 0 Å². The molecule has 4 N–H and O–H groups in total. The van der Waals surface area contributed by atoms with E-state index in [0.717, 1.165) is 50.3 Å². The first-order valence-electron chi connectivity index (χ1n) is 9.57. The van der Waals surface area contributed by atoms with Crippen LogP contribution in [-0.4, -0.2) is 47.9 Å². The summed E-state index contributed by atoms with van der Waals surface area (Å²) in [6.45, 7) is 6.22. The van der Waals surface area contributed by atoms with E-state index in [2.05, 4.69) is 26.7 Å². The summed E-state index contributed by atoms with van der Waals surface area (Å²) in [6.07, 6.45) is 6.00. The number of rotatable bonds is 4. The Hall–Kier alpha value is -2.31. The molecule has 2 aliphatic rings. The molecule has 3 heterocycles. The highest BCUT2D eigenvalue weighted by atomic mass is 16.1. The molecule has 2 saturated heterocycles. The molecule has 142 valence electrons. The molecule has 7 heteroatoms. The van der Waals surface area contributed by atoms with Crippen molar-refractivity contribution >= 4 is 17.7 Å². The van der Waals surface area contributed by atoms with Gasteiger partial charge in [-0.3, -0.25) is 4.79 Å². The number of pyridine rings is 1. The standard InChI is InChI=1S/C19H30N6O/c1-14-5-3-10-25(12-14)19(21)23-11-15-6-2-8-22-18(15)24-9-4-7-16(13-24)17(20)26/h2,6,8,14,16H,3-5,7,9-13H2,1H3,(H2,20,26)(H2,21,23). The van der Waals surface area contributed by atoms with Crippen LogP contribution in [0.5, 0.6) is 0 Å². The number of piperidine rings is 2. The molecular formula is C19H30N6O. The number of anilines is 1. The van der Waals surface area contributed by atoms with Crippen LogP contribution >= 0.6 is 0 Å². The third kappa shape index (κ3) is 4.45. The monoisotopic (exact) mass is 358 g/mol. The van der Waals surface area contributed by atoms with E-state index in [1.807, 2.05) is 12.1 Å². The molecular weight excluding hydrogens is 328 g/mol. The SMILES string of the molecule is CC1CCCN(C(N)=NCc2cccnc2N2CCCC(C(N)=O)C2)C1. The van der Waals surface area contributed by atoms with E-state index >= 15 is 0 Å². The number of primary amides is 1. The summed E-state index contributed by atoms with van der Waals surface area (Å²) in [6, 6.07) is 3.95. The lowest BCUT2D eigenvalue weighted by atomic mass is 9.97. The molecule has 0 saturated carbocycles. The predicted octanol–water partition coefficient (Wildman–Crippen LogP) is 1.33. The normalized spacial score (nSPS) is 24.6. The molecule has 3 rings (SSSR count). The van der Waals surface area contributed by atoms with Crippen LogP contribution in [0.2, 0.25) is 0 Å². The second kappa shape index (κ2) is 8.38. The van der Waals surface area contributed by atoms with E-state index in [-0.39, 0.29) is 11.8 Å². The number of guanidine groups is 1. The predicted molar refractivity (Wildman–Crippen MR) is 104 cm³/mol. The minimum atomic E-state index is -0.228. The van der Waals surface area contributed by atoms with Gasteiger partial charge in [-0.15, -0.1) is 0 Å². The zero-order valence-corrected chi connectivity index (χ0v) is 15.6. The van der Waals surface area contributed by atoms with Crippen molar-refractivity contribution in [3.05, 3.63) is 23.9 Å². The minimum absolute atomic E-state index is 0.109. The van der Waals surface area contributed by atoms with E-state index in [0.29, 0.717) is 25.0 Å². The summed E-state index contributed by atoms with van der Waals surface area (Å²) in [5.41, 5.74) is 12.8. The van der Waals surface area contributed by atoms with Crippen molar-refractivity contribution in [2.24, 2.45) is 28.3 Å². The number of amides is 1. The maximum atomic E-state index is 11.6. The number of likely N-dealkylation sites (tertiary alicyclic amines) is 1. The van der Waals surface area contributed by atoms with E-state index in [9.17, 15) is 4.79 Å². The summed E-state index contributed by atoms with van der Waals surface area (Å²) >= 11 is 0. The molecule has 0 radical (unpaired) electrons. The zero-order chi connectivity index (χ0) is 18.5. The van der Waals surface area contributed by atoms with Gasteiger partial charge >= 0.3 is 0 Å². The van der Waals surface area contributed by atoms with Gasteiger partial charge in [-0.1, -0.05) is 13.0 Å². The molecule has 0 spiro atoms. The van der Waals surface area contributed by atoms with Gasteiger partial charge in [0.05, 0.1) is 12.5 Å². The van der Waals surface area contributed by atoms with Crippen molar-refractivity contribution in [3.8, 4) is 0 Å². The van der Waals surface area contributed by atoms with Crippen LogP contribution in [0, 0.1) is 11.8 Å². The summed E-state index contributed by atoms with van der Waals surface area (Å²) in [7, 11) is 0. The van der Waals surface area contributed by atoms with Crippen LogP contribution in [0.4, 0.5) is 5.82 Å². The lowest BCUT2D eigenvalue weighted by Crippen LogP contribution is -2.43. The van der Waals surface area contributed by atoms with Crippen LogP contribution in [-0.2, 0) is 11.3 Å². The molecule has 2 atom stereocenters. The molecule has 26 heavy (non-hydrogen) atoms. The van der Waals surface area contributed by atoms with Gasteiger partial charge in [0.25, 0.3) is 0 Å². The summed E-state index contributed by atoms with van der Waals surface area (Å²) in [5, 5.41) is 0.